The minimum Gasteiger partial charge on any atom is -0.339 e. The number of likely N-dealkylation sites (tertiary alicyclic amines) is 1. The van der Waals surface area contributed by atoms with E-state index in [9.17, 15) is 14.4 Å². The summed E-state index contributed by atoms with van der Waals surface area (Å²) in [6.07, 6.45) is 6.73. The van der Waals surface area contributed by atoms with E-state index in [-0.39, 0.29) is 35.5 Å². The summed E-state index contributed by atoms with van der Waals surface area (Å²) in [5, 5.41) is 0. The molecule has 3 unspecified atom stereocenters. The fourth-order valence-electron chi connectivity index (χ4n) is 4.55. The minimum absolute atomic E-state index is 0.0269. The number of hydrogen-bond donors (Lipinski definition) is 0. The third-order valence-electron chi connectivity index (χ3n) is 6.32. The zero-order valence-electron chi connectivity index (χ0n) is 15.9. The zero-order valence-corrected chi connectivity index (χ0v) is 15.9. The van der Waals surface area contributed by atoms with E-state index in [0.29, 0.717) is 23.6 Å². The lowest BCUT2D eigenvalue weighted by Gasteiger charge is -2.30. The van der Waals surface area contributed by atoms with E-state index in [0.717, 1.165) is 25.9 Å². The molecule has 3 atom stereocenters. The molecule has 2 aliphatic heterocycles. The lowest BCUT2D eigenvalue weighted by molar-refractivity contribution is -0.122. The van der Waals surface area contributed by atoms with E-state index < -0.39 is 0 Å². The number of benzene rings is 1. The molecule has 0 bridgehead atoms. The molecule has 1 aromatic rings. The molecule has 2 heterocycles. The Labute approximate surface area is 160 Å². The van der Waals surface area contributed by atoms with Gasteiger partial charge in [-0.25, -0.2) is 0 Å². The third kappa shape index (κ3) is 3.09. The van der Waals surface area contributed by atoms with E-state index in [1.807, 2.05) is 24.0 Å². The number of rotatable bonds is 2. The molecule has 3 aliphatic rings. The van der Waals surface area contributed by atoms with E-state index in [4.69, 9.17) is 0 Å². The van der Waals surface area contributed by atoms with Crippen molar-refractivity contribution in [2.75, 3.05) is 18.0 Å². The summed E-state index contributed by atoms with van der Waals surface area (Å²) in [6.45, 7) is 5.79. The van der Waals surface area contributed by atoms with Crippen molar-refractivity contribution in [3.63, 3.8) is 0 Å². The Balaban J connectivity index is 1.52. The van der Waals surface area contributed by atoms with E-state index in [2.05, 4.69) is 6.92 Å². The van der Waals surface area contributed by atoms with Crippen LogP contribution in [-0.4, -0.2) is 35.7 Å². The molecule has 0 spiro atoms. The first-order valence-electron chi connectivity index (χ1n) is 9.91. The predicted octanol–water partition coefficient (Wildman–Crippen LogP) is 3.26. The fourth-order valence-corrected chi connectivity index (χ4v) is 4.55. The van der Waals surface area contributed by atoms with E-state index >= 15 is 0 Å². The van der Waals surface area contributed by atoms with Crippen LogP contribution in [0.5, 0.6) is 0 Å². The van der Waals surface area contributed by atoms with Gasteiger partial charge in [-0.15, -0.1) is 0 Å². The molecular formula is C22H26N2O3. The van der Waals surface area contributed by atoms with Crippen LogP contribution >= 0.6 is 0 Å². The first-order chi connectivity index (χ1) is 13.0. The molecule has 3 amide bonds. The first kappa shape index (κ1) is 18.0. The summed E-state index contributed by atoms with van der Waals surface area (Å²) in [5.74, 6) is 0.0140. The second kappa shape index (κ2) is 6.95. The SMILES string of the molecule is CC1CCN(C(=O)c2ccc(N3C(=O)C4CC=CC(C)C4C3=O)cc2)CC1. The van der Waals surface area contributed by atoms with Crippen LogP contribution in [0.3, 0.4) is 0 Å². The third-order valence-corrected chi connectivity index (χ3v) is 6.32. The monoisotopic (exact) mass is 366 g/mol. The summed E-state index contributed by atoms with van der Waals surface area (Å²) >= 11 is 0. The molecule has 5 nitrogen and oxygen atoms in total. The predicted molar refractivity (Wildman–Crippen MR) is 103 cm³/mol. The highest BCUT2D eigenvalue weighted by Crippen LogP contribution is 2.40. The maximum absolute atomic E-state index is 12.9. The lowest BCUT2D eigenvalue weighted by Crippen LogP contribution is -2.38. The number of carbonyl (C=O) groups is 3. The Morgan fingerprint density at radius 3 is 2.30 bits per heavy atom. The zero-order chi connectivity index (χ0) is 19.1. The maximum Gasteiger partial charge on any atom is 0.253 e. The highest BCUT2D eigenvalue weighted by atomic mass is 16.2. The van der Waals surface area contributed by atoms with Gasteiger partial charge in [0, 0.05) is 18.7 Å². The van der Waals surface area contributed by atoms with Gasteiger partial charge >= 0.3 is 0 Å². The number of imide groups is 1. The number of amides is 3. The van der Waals surface area contributed by atoms with Crippen LogP contribution in [0.1, 0.15) is 43.5 Å². The Morgan fingerprint density at radius 2 is 1.67 bits per heavy atom. The molecule has 4 rings (SSSR count). The average molecular weight is 366 g/mol. The van der Waals surface area contributed by atoms with E-state index in [1.54, 1.807) is 24.3 Å². The van der Waals surface area contributed by atoms with Crippen molar-refractivity contribution in [2.24, 2.45) is 23.7 Å². The number of hydrogen-bond acceptors (Lipinski definition) is 3. The van der Waals surface area contributed by atoms with Gasteiger partial charge in [0.15, 0.2) is 0 Å². The van der Waals surface area contributed by atoms with Crippen molar-refractivity contribution < 1.29 is 14.4 Å². The summed E-state index contributed by atoms with van der Waals surface area (Å²) in [5.41, 5.74) is 1.18. The summed E-state index contributed by atoms with van der Waals surface area (Å²) in [7, 11) is 0. The quantitative estimate of drug-likeness (QED) is 0.596. The number of anilines is 1. The molecule has 0 saturated carbocycles. The number of piperidine rings is 1. The molecule has 1 aromatic carbocycles. The van der Waals surface area contributed by atoms with Gasteiger partial charge in [0.25, 0.3) is 5.91 Å². The minimum atomic E-state index is -0.265. The number of nitrogens with zero attached hydrogens (tertiary/aromatic N) is 2. The Kier molecular flexibility index (Phi) is 4.62. The van der Waals surface area contributed by atoms with Gasteiger partial charge < -0.3 is 4.90 Å². The van der Waals surface area contributed by atoms with Crippen molar-refractivity contribution in [3.8, 4) is 0 Å². The second-order valence-corrected chi connectivity index (χ2v) is 8.19. The van der Waals surface area contributed by atoms with Crippen LogP contribution in [0.4, 0.5) is 5.69 Å². The topological polar surface area (TPSA) is 57.7 Å². The van der Waals surface area contributed by atoms with Gasteiger partial charge in [-0.05, 0) is 55.4 Å². The Morgan fingerprint density at radius 1 is 1.00 bits per heavy atom. The van der Waals surface area contributed by atoms with Crippen molar-refractivity contribution in [2.45, 2.75) is 33.1 Å². The summed E-state index contributed by atoms with van der Waals surface area (Å²) in [6, 6.07) is 6.93. The van der Waals surface area contributed by atoms with Crippen molar-refractivity contribution >= 4 is 23.4 Å². The van der Waals surface area contributed by atoms with Crippen LogP contribution < -0.4 is 4.90 Å². The van der Waals surface area contributed by atoms with E-state index in [1.165, 1.54) is 4.90 Å². The van der Waals surface area contributed by atoms with Gasteiger partial charge in [0.1, 0.15) is 0 Å². The van der Waals surface area contributed by atoms with Crippen molar-refractivity contribution in [1.29, 1.82) is 0 Å². The van der Waals surface area contributed by atoms with Gasteiger partial charge in [-0.3, -0.25) is 19.3 Å². The molecule has 142 valence electrons. The molecule has 2 saturated heterocycles. The molecule has 0 N–H and O–H groups in total. The smallest absolute Gasteiger partial charge is 0.253 e. The molecule has 2 fully saturated rings. The normalized spacial score (nSPS) is 28.6. The first-order valence-corrected chi connectivity index (χ1v) is 9.91. The largest absolute Gasteiger partial charge is 0.339 e. The number of fused-ring (bicyclic) bond motifs is 1. The van der Waals surface area contributed by atoms with Crippen LogP contribution in [0.2, 0.25) is 0 Å². The van der Waals surface area contributed by atoms with Crippen LogP contribution in [0.25, 0.3) is 0 Å². The highest BCUT2D eigenvalue weighted by Gasteiger charge is 2.50. The van der Waals surface area contributed by atoms with Gasteiger partial charge in [0.05, 0.1) is 17.5 Å². The Hall–Kier alpha value is -2.43. The molecule has 27 heavy (non-hydrogen) atoms. The summed E-state index contributed by atoms with van der Waals surface area (Å²) < 4.78 is 0. The van der Waals surface area contributed by atoms with Gasteiger partial charge in [-0.1, -0.05) is 26.0 Å². The highest BCUT2D eigenvalue weighted by molar-refractivity contribution is 6.22. The number of allylic oxidation sites excluding steroid dienone is 2. The molecule has 0 radical (unpaired) electrons. The molecule has 0 aromatic heterocycles. The van der Waals surface area contributed by atoms with Crippen LogP contribution in [0, 0.1) is 23.7 Å². The molecular weight excluding hydrogens is 340 g/mol. The van der Waals surface area contributed by atoms with Crippen molar-refractivity contribution in [1.82, 2.24) is 4.90 Å². The second-order valence-electron chi connectivity index (χ2n) is 8.19. The average Bonchev–Trinajstić information content (AvgIpc) is 2.94. The van der Waals surface area contributed by atoms with Crippen molar-refractivity contribution in [3.05, 3.63) is 42.0 Å². The van der Waals surface area contributed by atoms with Gasteiger partial charge in [-0.2, -0.15) is 0 Å². The fraction of sp³-hybridized carbons (Fsp3) is 0.500. The van der Waals surface area contributed by atoms with Crippen LogP contribution in [0.15, 0.2) is 36.4 Å². The molecule has 5 heteroatoms. The number of carbonyl (C=O) groups excluding carboxylic acids is 3. The summed E-state index contributed by atoms with van der Waals surface area (Å²) in [4.78, 5) is 41.5. The van der Waals surface area contributed by atoms with Gasteiger partial charge in [0.2, 0.25) is 11.8 Å². The van der Waals surface area contributed by atoms with Crippen LogP contribution in [-0.2, 0) is 9.59 Å². The maximum atomic E-state index is 12.9. The molecule has 1 aliphatic carbocycles. The standard InChI is InChI=1S/C22H26N2O3/c1-14-10-12-23(13-11-14)20(25)16-6-8-17(9-7-16)24-21(26)18-5-3-4-15(2)19(18)22(24)27/h3-4,6-9,14-15,18-19H,5,10-13H2,1-2H3. The Bertz CT molecular complexity index is 790. The lowest BCUT2D eigenvalue weighted by atomic mass is 9.78.